The zero-order chi connectivity index (χ0) is 16.5. The first kappa shape index (κ1) is 14.2. The number of anilines is 1. The van der Waals surface area contributed by atoms with Gasteiger partial charge in [0.2, 0.25) is 0 Å². The van der Waals surface area contributed by atoms with Crippen molar-refractivity contribution >= 4 is 11.5 Å². The lowest BCUT2D eigenvalue weighted by Gasteiger charge is -2.26. The van der Waals surface area contributed by atoms with Crippen LogP contribution in [0, 0.1) is 0 Å². The summed E-state index contributed by atoms with van der Waals surface area (Å²) in [5.41, 5.74) is 2.76. The number of tetrazole rings is 1. The Morgan fingerprint density at radius 2 is 1.92 bits per heavy atom. The zero-order valence-electron chi connectivity index (χ0n) is 13.2. The molecule has 3 heterocycles. The fourth-order valence-corrected chi connectivity index (χ4v) is 2.50. The molecular formula is C15H15N9. The van der Waals surface area contributed by atoms with Gasteiger partial charge >= 0.3 is 0 Å². The van der Waals surface area contributed by atoms with E-state index in [1.54, 1.807) is 11.0 Å². The standard InChI is InChI=1S/C15H15N9/c1-11(12-3-5-13(6-4-12)23-10-16-9-17-23)22(2)15-8-7-14-18-20-21-24(14)19-15/h3-11H,1-2H3. The average molecular weight is 321 g/mol. The number of rotatable bonds is 4. The maximum Gasteiger partial charge on any atom is 0.200 e. The summed E-state index contributed by atoms with van der Waals surface area (Å²) in [7, 11) is 1.99. The van der Waals surface area contributed by atoms with Gasteiger partial charge in [-0.2, -0.15) is 5.10 Å². The average Bonchev–Trinajstić information content (AvgIpc) is 3.31. The molecule has 0 saturated carbocycles. The third-order valence-corrected chi connectivity index (χ3v) is 4.06. The molecule has 0 saturated heterocycles. The Labute approximate surface area is 137 Å². The Morgan fingerprint density at radius 3 is 2.67 bits per heavy atom. The summed E-state index contributed by atoms with van der Waals surface area (Å²) in [6.07, 6.45) is 3.20. The van der Waals surface area contributed by atoms with Gasteiger partial charge in [0, 0.05) is 7.05 Å². The fraction of sp³-hybridized carbons (Fsp3) is 0.200. The van der Waals surface area contributed by atoms with E-state index >= 15 is 0 Å². The summed E-state index contributed by atoms with van der Waals surface area (Å²) in [4.78, 5) is 6.04. The molecule has 0 radical (unpaired) electrons. The lowest BCUT2D eigenvalue weighted by Crippen LogP contribution is -2.23. The van der Waals surface area contributed by atoms with Crippen molar-refractivity contribution in [2.45, 2.75) is 13.0 Å². The monoisotopic (exact) mass is 321 g/mol. The van der Waals surface area contributed by atoms with Gasteiger partial charge in [0.1, 0.15) is 12.7 Å². The van der Waals surface area contributed by atoms with Gasteiger partial charge in [0.15, 0.2) is 11.5 Å². The van der Waals surface area contributed by atoms with E-state index in [-0.39, 0.29) is 6.04 Å². The van der Waals surface area contributed by atoms with Crippen molar-refractivity contribution < 1.29 is 0 Å². The van der Waals surface area contributed by atoms with Gasteiger partial charge in [-0.15, -0.1) is 14.8 Å². The highest BCUT2D eigenvalue weighted by atomic mass is 15.6. The van der Waals surface area contributed by atoms with Gasteiger partial charge in [-0.1, -0.05) is 12.1 Å². The highest BCUT2D eigenvalue weighted by molar-refractivity contribution is 5.46. The molecule has 0 fully saturated rings. The minimum absolute atomic E-state index is 0.135. The van der Waals surface area contributed by atoms with E-state index in [4.69, 9.17) is 0 Å². The maximum atomic E-state index is 4.42. The molecule has 0 aliphatic heterocycles. The Hall–Kier alpha value is -3.36. The number of benzene rings is 1. The largest absolute Gasteiger partial charge is 0.351 e. The Morgan fingerprint density at radius 1 is 1.08 bits per heavy atom. The van der Waals surface area contributed by atoms with Crippen molar-refractivity contribution in [1.29, 1.82) is 0 Å². The van der Waals surface area contributed by atoms with E-state index in [0.717, 1.165) is 11.5 Å². The molecular weight excluding hydrogens is 306 g/mol. The van der Waals surface area contributed by atoms with E-state index < -0.39 is 0 Å². The molecule has 0 N–H and O–H groups in total. The zero-order valence-corrected chi connectivity index (χ0v) is 13.2. The molecule has 0 bridgehead atoms. The second kappa shape index (κ2) is 5.69. The summed E-state index contributed by atoms with van der Waals surface area (Å²) >= 11 is 0. The normalized spacial score (nSPS) is 12.4. The summed E-state index contributed by atoms with van der Waals surface area (Å²) in [5.74, 6) is 0.794. The summed E-state index contributed by atoms with van der Waals surface area (Å²) in [6, 6.07) is 12.1. The molecule has 0 amide bonds. The van der Waals surface area contributed by atoms with Gasteiger partial charge < -0.3 is 4.90 Å². The van der Waals surface area contributed by atoms with Gasteiger partial charge in [0.05, 0.1) is 11.7 Å². The molecule has 0 aliphatic rings. The number of fused-ring (bicyclic) bond motifs is 1. The first-order valence-electron chi connectivity index (χ1n) is 7.45. The predicted molar refractivity (Wildman–Crippen MR) is 86.8 cm³/mol. The third-order valence-electron chi connectivity index (χ3n) is 4.06. The van der Waals surface area contributed by atoms with Crippen molar-refractivity contribution in [2.75, 3.05) is 11.9 Å². The third kappa shape index (κ3) is 2.45. The van der Waals surface area contributed by atoms with Crippen molar-refractivity contribution in [3.63, 3.8) is 0 Å². The lowest BCUT2D eigenvalue weighted by molar-refractivity contribution is 0.683. The smallest absolute Gasteiger partial charge is 0.200 e. The predicted octanol–water partition coefficient (Wildman–Crippen LogP) is 1.30. The molecule has 9 heteroatoms. The van der Waals surface area contributed by atoms with Crippen LogP contribution in [0.15, 0.2) is 49.1 Å². The van der Waals surface area contributed by atoms with Gasteiger partial charge in [-0.3, -0.25) is 0 Å². The number of hydrogen-bond acceptors (Lipinski definition) is 7. The van der Waals surface area contributed by atoms with E-state index in [2.05, 4.69) is 54.7 Å². The molecule has 4 aromatic rings. The van der Waals surface area contributed by atoms with Crippen LogP contribution in [0.1, 0.15) is 18.5 Å². The molecule has 0 aliphatic carbocycles. The molecule has 120 valence electrons. The SMILES string of the molecule is CC(c1ccc(-n2cncn2)cc1)N(C)c1ccc2nnnn2n1. The van der Waals surface area contributed by atoms with Crippen LogP contribution in [0.4, 0.5) is 5.82 Å². The quantitative estimate of drug-likeness (QED) is 0.559. The fourth-order valence-electron chi connectivity index (χ4n) is 2.50. The van der Waals surface area contributed by atoms with Crippen LogP contribution in [0.5, 0.6) is 0 Å². The van der Waals surface area contributed by atoms with E-state index in [0.29, 0.717) is 5.65 Å². The maximum absolute atomic E-state index is 4.42. The Kier molecular flexibility index (Phi) is 3.38. The first-order chi connectivity index (χ1) is 11.7. The molecule has 4 rings (SSSR count). The number of nitrogens with zero attached hydrogens (tertiary/aromatic N) is 9. The molecule has 9 nitrogen and oxygen atoms in total. The summed E-state index contributed by atoms with van der Waals surface area (Å²) in [5, 5.41) is 19.9. The second-order valence-corrected chi connectivity index (χ2v) is 5.44. The van der Waals surface area contributed by atoms with Crippen LogP contribution in [0.3, 0.4) is 0 Å². The van der Waals surface area contributed by atoms with Crippen molar-refractivity contribution in [3.05, 3.63) is 54.6 Å². The lowest BCUT2D eigenvalue weighted by atomic mass is 10.1. The van der Waals surface area contributed by atoms with Gasteiger partial charge in [-0.05, 0) is 47.2 Å². The molecule has 3 aromatic heterocycles. The Bertz CT molecular complexity index is 943. The minimum atomic E-state index is 0.135. The van der Waals surface area contributed by atoms with Crippen LogP contribution in [-0.4, -0.2) is 47.1 Å². The van der Waals surface area contributed by atoms with Crippen LogP contribution < -0.4 is 4.90 Å². The first-order valence-corrected chi connectivity index (χ1v) is 7.45. The molecule has 24 heavy (non-hydrogen) atoms. The van der Waals surface area contributed by atoms with Crippen LogP contribution in [-0.2, 0) is 0 Å². The van der Waals surface area contributed by atoms with E-state index in [9.17, 15) is 0 Å². The second-order valence-electron chi connectivity index (χ2n) is 5.44. The van der Waals surface area contributed by atoms with E-state index in [1.807, 2.05) is 31.3 Å². The number of aromatic nitrogens is 8. The minimum Gasteiger partial charge on any atom is -0.351 e. The van der Waals surface area contributed by atoms with Crippen molar-refractivity contribution in [3.8, 4) is 5.69 Å². The van der Waals surface area contributed by atoms with Crippen LogP contribution in [0.25, 0.3) is 11.3 Å². The number of hydrogen-bond donors (Lipinski definition) is 0. The van der Waals surface area contributed by atoms with E-state index in [1.165, 1.54) is 16.5 Å². The Balaban J connectivity index is 1.58. The van der Waals surface area contributed by atoms with Gasteiger partial charge in [0.25, 0.3) is 0 Å². The molecule has 1 atom stereocenters. The highest BCUT2D eigenvalue weighted by Gasteiger charge is 2.15. The molecule has 0 spiro atoms. The van der Waals surface area contributed by atoms with Crippen molar-refractivity contribution in [1.82, 2.24) is 40.0 Å². The summed E-state index contributed by atoms with van der Waals surface area (Å²) in [6.45, 7) is 2.12. The molecule has 1 aromatic carbocycles. The summed E-state index contributed by atoms with van der Waals surface area (Å²) < 4.78 is 3.15. The van der Waals surface area contributed by atoms with Crippen molar-refractivity contribution in [2.24, 2.45) is 0 Å². The van der Waals surface area contributed by atoms with Gasteiger partial charge in [-0.25, -0.2) is 9.67 Å². The van der Waals surface area contributed by atoms with Crippen LogP contribution >= 0.6 is 0 Å². The van der Waals surface area contributed by atoms with Crippen LogP contribution in [0.2, 0.25) is 0 Å². The highest BCUT2D eigenvalue weighted by Crippen LogP contribution is 2.24. The topological polar surface area (TPSA) is 89.9 Å². The molecule has 1 unspecified atom stereocenters.